The predicted molar refractivity (Wildman–Crippen MR) is 114 cm³/mol. The monoisotopic (exact) mass is 396 g/mol. The van der Waals surface area contributed by atoms with E-state index in [1.165, 1.54) is 6.07 Å². The number of aliphatic hydroxyl groups is 1. The molecule has 4 nitrogen and oxygen atoms in total. The largest absolute Gasteiger partial charge is 0.391 e. The Balaban J connectivity index is 1.94. The first-order valence-electron chi connectivity index (χ1n) is 10.2. The van der Waals surface area contributed by atoms with Crippen molar-refractivity contribution in [1.82, 2.24) is 9.88 Å². The van der Waals surface area contributed by atoms with Crippen molar-refractivity contribution in [1.29, 1.82) is 0 Å². The highest BCUT2D eigenvalue weighted by molar-refractivity contribution is 5.94. The summed E-state index contributed by atoms with van der Waals surface area (Å²) in [7, 11) is 0. The number of nitrogens with zero attached hydrogens (tertiary/aromatic N) is 1. The van der Waals surface area contributed by atoms with Crippen LogP contribution in [0.25, 0.3) is 12.7 Å². The van der Waals surface area contributed by atoms with Crippen LogP contribution in [0.1, 0.15) is 54.1 Å². The molecular weight excluding hydrogens is 367 g/mol. The zero-order valence-corrected chi connectivity index (χ0v) is 17.1. The summed E-state index contributed by atoms with van der Waals surface area (Å²) in [5, 5.41) is 14.5. The summed E-state index contributed by atoms with van der Waals surface area (Å²) in [4.78, 5) is 12.9. The molecule has 1 heterocycles. The molecule has 1 saturated carbocycles. The Kier molecular flexibility index (Phi) is 6.70. The number of hydrogen-bond donors (Lipinski definition) is 2. The summed E-state index contributed by atoms with van der Waals surface area (Å²) in [6.07, 6.45) is 10.3. The van der Waals surface area contributed by atoms with Crippen LogP contribution >= 0.6 is 0 Å². The van der Waals surface area contributed by atoms with Crippen molar-refractivity contribution in [3.8, 4) is 0 Å². The third-order valence-electron chi connectivity index (χ3n) is 5.52. The van der Waals surface area contributed by atoms with Crippen LogP contribution in [0.5, 0.6) is 0 Å². The normalized spacial score (nSPS) is 20.3. The Hall–Kier alpha value is -2.66. The van der Waals surface area contributed by atoms with Gasteiger partial charge in [0.05, 0.1) is 24.3 Å². The SMILES string of the molecule is C=c1c(C(=O)N[C@H]2CCCCC2O)cn(Cc2ccc(C)cc2F)/c1=C/C=C\C. The summed E-state index contributed by atoms with van der Waals surface area (Å²) in [6.45, 7) is 8.16. The van der Waals surface area contributed by atoms with Crippen molar-refractivity contribution in [2.24, 2.45) is 0 Å². The first kappa shape index (κ1) is 21.1. The quantitative estimate of drug-likeness (QED) is 0.817. The smallest absolute Gasteiger partial charge is 0.253 e. The lowest BCUT2D eigenvalue weighted by atomic mass is 9.92. The van der Waals surface area contributed by atoms with E-state index in [1.807, 2.05) is 42.7 Å². The number of carbonyl (C=O) groups is 1. The Morgan fingerprint density at radius 3 is 2.83 bits per heavy atom. The number of aromatic nitrogens is 1. The third kappa shape index (κ3) is 4.85. The highest BCUT2D eigenvalue weighted by atomic mass is 19.1. The Morgan fingerprint density at radius 1 is 1.38 bits per heavy atom. The van der Waals surface area contributed by atoms with Gasteiger partial charge in [0.1, 0.15) is 5.82 Å². The van der Waals surface area contributed by atoms with Crippen LogP contribution in [0.4, 0.5) is 4.39 Å². The molecule has 154 valence electrons. The molecule has 0 radical (unpaired) electrons. The molecule has 2 aromatic rings. The van der Waals surface area contributed by atoms with Gasteiger partial charge in [-0.2, -0.15) is 0 Å². The van der Waals surface area contributed by atoms with Gasteiger partial charge >= 0.3 is 0 Å². The van der Waals surface area contributed by atoms with Gasteiger partial charge in [-0.1, -0.05) is 43.7 Å². The maximum absolute atomic E-state index is 14.4. The topological polar surface area (TPSA) is 54.3 Å². The first-order chi connectivity index (χ1) is 13.9. The van der Waals surface area contributed by atoms with Gasteiger partial charge in [-0.3, -0.25) is 4.79 Å². The zero-order valence-electron chi connectivity index (χ0n) is 17.1. The molecule has 1 aliphatic rings. The van der Waals surface area contributed by atoms with Crippen LogP contribution in [0.15, 0.2) is 36.5 Å². The van der Waals surface area contributed by atoms with E-state index < -0.39 is 6.10 Å². The van der Waals surface area contributed by atoms with Gasteiger partial charge in [-0.25, -0.2) is 4.39 Å². The predicted octanol–water partition coefficient (Wildman–Crippen LogP) is 2.78. The summed E-state index contributed by atoms with van der Waals surface area (Å²) in [5.74, 6) is -0.517. The second-order valence-electron chi connectivity index (χ2n) is 7.75. The lowest BCUT2D eigenvalue weighted by molar-refractivity contribution is 0.0716. The summed E-state index contributed by atoms with van der Waals surface area (Å²) < 4.78 is 16.2. The molecule has 5 heteroatoms. The van der Waals surface area contributed by atoms with Crippen molar-refractivity contribution < 1.29 is 14.3 Å². The molecule has 3 rings (SSSR count). The minimum absolute atomic E-state index is 0.239. The number of nitrogens with one attached hydrogen (secondary N) is 1. The molecule has 0 spiro atoms. The standard InChI is InChI=1S/C24H29FN2O2/c1-4-5-9-22-17(3)19(24(29)26-21-8-6-7-10-23(21)28)15-27(22)14-18-12-11-16(2)13-20(18)25/h4-5,9,11-13,15,21,23,28H,3,6-8,10,14H2,1-2H3,(H,26,29)/b5-4-,22-9+/t21-,23?/m0/s1. The molecule has 1 aromatic carbocycles. The number of aryl methyl sites for hydroxylation is 1. The molecule has 1 aliphatic carbocycles. The van der Waals surface area contributed by atoms with Gasteiger partial charge in [0.2, 0.25) is 0 Å². The van der Waals surface area contributed by atoms with Crippen LogP contribution < -0.4 is 15.9 Å². The minimum Gasteiger partial charge on any atom is -0.391 e. The van der Waals surface area contributed by atoms with Gasteiger partial charge in [0.15, 0.2) is 0 Å². The van der Waals surface area contributed by atoms with E-state index in [2.05, 4.69) is 11.9 Å². The molecule has 2 N–H and O–H groups in total. The molecule has 0 aliphatic heterocycles. The van der Waals surface area contributed by atoms with Gasteiger partial charge < -0.3 is 15.0 Å². The third-order valence-corrected chi connectivity index (χ3v) is 5.52. The molecular formula is C24H29FN2O2. The van der Waals surface area contributed by atoms with E-state index >= 15 is 0 Å². The average Bonchev–Trinajstić information content (AvgIpc) is 2.99. The Morgan fingerprint density at radius 2 is 2.14 bits per heavy atom. The van der Waals surface area contributed by atoms with Crippen LogP contribution in [0.3, 0.4) is 0 Å². The lowest BCUT2D eigenvalue weighted by Crippen LogP contribution is -2.46. The van der Waals surface area contributed by atoms with Crippen molar-refractivity contribution in [2.45, 2.75) is 58.2 Å². The first-order valence-corrected chi connectivity index (χ1v) is 10.2. The number of aliphatic hydroxyl groups excluding tert-OH is 1. The maximum Gasteiger partial charge on any atom is 0.253 e. The number of benzene rings is 1. The second-order valence-corrected chi connectivity index (χ2v) is 7.75. The summed E-state index contributed by atoms with van der Waals surface area (Å²) in [5.41, 5.74) is 1.87. The molecule has 2 atom stereocenters. The van der Waals surface area contributed by atoms with Gasteiger partial charge in [-0.05, 0) is 44.4 Å². The van der Waals surface area contributed by atoms with Gasteiger partial charge in [0.25, 0.3) is 5.91 Å². The van der Waals surface area contributed by atoms with E-state index in [4.69, 9.17) is 0 Å². The number of allylic oxidation sites excluding steroid dienone is 2. The molecule has 0 bridgehead atoms. The average molecular weight is 397 g/mol. The fraction of sp³-hybridized carbons (Fsp3) is 0.375. The van der Waals surface area contributed by atoms with E-state index in [0.717, 1.165) is 30.2 Å². The number of rotatable bonds is 5. The molecule has 0 saturated heterocycles. The number of carbonyl (C=O) groups excluding carboxylic acids is 1. The van der Waals surface area contributed by atoms with Gasteiger partial charge in [0, 0.05) is 22.3 Å². The van der Waals surface area contributed by atoms with Crippen LogP contribution in [-0.2, 0) is 6.54 Å². The Bertz CT molecular complexity index is 1020. The van der Waals surface area contributed by atoms with Crippen molar-refractivity contribution in [3.05, 3.63) is 69.6 Å². The van der Waals surface area contributed by atoms with Crippen molar-refractivity contribution >= 4 is 18.6 Å². The highest BCUT2D eigenvalue weighted by Gasteiger charge is 2.25. The van der Waals surface area contributed by atoms with Crippen LogP contribution in [0, 0.1) is 12.7 Å². The summed E-state index contributed by atoms with van der Waals surface area (Å²) >= 11 is 0. The van der Waals surface area contributed by atoms with Crippen molar-refractivity contribution in [2.75, 3.05) is 0 Å². The number of hydrogen-bond acceptors (Lipinski definition) is 2. The van der Waals surface area contributed by atoms with Crippen LogP contribution in [0.2, 0.25) is 0 Å². The number of amides is 1. The van der Waals surface area contributed by atoms with E-state index in [-0.39, 0.29) is 17.8 Å². The van der Waals surface area contributed by atoms with Crippen molar-refractivity contribution in [3.63, 3.8) is 0 Å². The second kappa shape index (κ2) is 9.23. The van der Waals surface area contributed by atoms with Crippen LogP contribution in [-0.4, -0.2) is 27.7 Å². The molecule has 1 unspecified atom stereocenters. The van der Waals surface area contributed by atoms with Gasteiger partial charge in [-0.15, -0.1) is 0 Å². The summed E-state index contributed by atoms with van der Waals surface area (Å²) in [6, 6.07) is 4.92. The Labute approximate surface area is 171 Å². The van der Waals surface area contributed by atoms with E-state index in [9.17, 15) is 14.3 Å². The molecule has 1 fully saturated rings. The zero-order chi connectivity index (χ0) is 21.0. The fourth-order valence-electron chi connectivity index (χ4n) is 3.81. The number of halogens is 1. The minimum atomic E-state index is -0.515. The maximum atomic E-state index is 14.4. The van der Waals surface area contributed by atoms with E-state index in [0.29, 0.717) is 29.3 Å². The fourth-order valence-corrected chi connectivity index (χ4v) is 3.81. The molecule has 1 aromatic heterocycles. The molecule has 29 heavy (non-hydrogen) atoms. The highest BCUT2D eigenvalue weighted by Crippen LogP contribution is 2.18. The molecule has 1 amide bonds. The van der Waals surface area contributed by atoms with E-state index in [1.54, 1.807) is 12.3 Å². The lowest BCUT2D eigenvalue weighted by Gasteiger charge is -2.28.